The molecule has 8 heteroatoms. The zero-order valence-electron chi connectivity index (χ0n) is 23.7. The number of nitrogens with one attached hydrogen (secondary N) is 3. The number of carbonyl (C=O) groups is 1. The van der Waals surface area contributed by atoms with Crippen molar-refractivity contribution < 1.29 is 9.53 Å². The second-order valence-corrected chi connectivity index (χ2v) is 11.3. The smallest absolute Gasteiger partial charge is 0.228 e. The van der Waals surface area contributed by atoms with E-state index >= 15 is 0 Å². The van der Waals surface area contributed by atoms with E-state index in [0.29, 0.717) is 36.0 Å². The van der Waals surface area contributed by atoms with Gasteiger partial charge in [0.1, 0.15) is 5.75 Å². The van der Waals surface area contributed by atoms with Gasteiger partial charge in [0.15, 0.2) is 0 Å². The van der Waals surface area contributed by atoms with E-state index in [1.165, 1.54) is 19.3 Å². The van der Waals surface area contributed by atoms with Gasteiger partial charge in [0.25, 0.3) is 0 Å². The minimum absolute atomic E-state index is 0.0802. The number of ether oxygens (including phenoxy) is 1. The number of anilines is 2. The fourth-order valence-electron chi connectivity index (χ4n) is 6.04. The standard InChI is InChI=1S/C33H38N6O2/c1-22-14-15-25-26(11-5-13-28(25)38-30(40)20-23-8-3-2-4-9-23)31(22)41-32-27(12-7-18-35-32)29-16-19-36-33(39-29)37-24-10-6-17-34-21-24/h5,7,11-16,18-19,23-24,34H,2-4,6,8-10,17,20-21H2,1H3,(H,38,40)(H,36,37,39)/t24-/m0/s1. The molecule has 0 bridgehead atoms. The second kappa shape index (κ2) is 12.6. The van der Waals surface area contributed by atoms with Gasteiger partial charge in [-0.25, -0.2) is 15.0 Å². The molecule has 2 aromatic heterocycles. The van der Waals surface area contributed by atoms with Crippen LogP contribution in [0.2, 0.25) is 0 Å². The van der Waals surface area contributed by atoms with E-state index in [9.17, 15) is 4.79 Å². The molecule has 0 unspecified atom stereocenters. The molecule has 1 aliphatic heterocycles. The summed E-state index contributed by atoms with van der Waals surface area (Å²) in [5.41, 5.74) is 3.31. The maximum absolute atomic E-state index is 12.9. The molecule has 6 rings (SSSR count). The first-order chi connectivity index (χ1) is 20.1. The van der Waals surface area contributed by atoms with E-state index < -0.39 is 0 Å². The van der Waals surface area contributed by atoms with Crippen LogP contribution in [0.5, 0.6) is 11.6 Å². The van der Waals surface area contributed by atoms with E-state index in [4.69, 9.17) is 9.72 Å². The third kappa shape index (κ3) is 6.49. The number of carbonyl (C=O) groups excluding carboxylic acids is 1. The number of rotatable bonds is 8. The number of amides is 1. The van der Waals surface area contributed by atoms with Crippen LogP contribution in [0.15, 0.2) is 60.9 Å². The summed E-state index contributed by atoms with van der Waals surface area (Å²) in [6.07, 6.45) is 12.3. The zero-order chi connectivity index (χ0) is 28.0. The quantitative estimate of drug-likeness (QED) is 0.220. The molecule has 1 saturated carbocycles. The van der Waals surface area contributed by atoms with Crippen LogP contribution in [-0.2, 0) is 4.79 Å². The summed E-state index contributed by atoms with van der Waals surface area (Å²) in [4.78, 5) is 26.8. The highest BCUT2D eigenvalue weighted by Gasteiger charge is 2.20. The van der Waals surface area contributed by atoms with Crippen LogP contribution in [0.3, 0.4) is 0 Å². The number of benzene rings is 2. The van der Waals surface area contributed by atoms with Gasteiger partial charge in [0, 0.05) is 47.9 Å². The first kappa shape index (κ1) is 27.1. The molecule has 1 aliphatic carbocycles. The molecule has 1 atom stereocenters. The van der Waals surface area contributed by atoms with Gasteiger partial charge in [-0.15, -0.1) is 0 Å². The number of pyridine rings is 1. The third-order valence-corrected chi connectivity index (χ3v) is 8.21. The highest BCUT2D eigenvalue weighted by atomic mass is 16.5. The minimum atomic E-state index is 0.0802. The van der Waals surface area contributed by atoms with Gasteiger partial charge in [0.2, 0.25) is 17.7 Å². The van der Waals surface area contributed by atoms with E-state index in [-0.39, 0.29) is 5.91 Å². The van der Waals surface area contributed by atoms with Crippen LogP contribution < -0.4 is 20.7 Å². The van der Waals surface area contributed by atoms with Crippen LogP contribution in [-0.4, -0.2) is 40.0 Å². The molecule has 4 aromatic rings. The highest BCUT2D eigenvalue weighted by Crippen LogP contribution is 2.39. The van der Waals surface area contributed by atoms with Crippen molar-refractivity contribution in [3.8, 4) is 22.9 Å². The first-order valence-corrected chi connectivity index (χ1v) is 14.9. The van der Waals surface area contributed by atoms with E-state index in [1.807, 2.05) is 49.4 Å². The van der Waals surface area contributed by atoms with Crippen molar-refractivity contribution in [1.82, 2.24) is 20.3 Å². The lowest BCUT2D eigenvalue weighted by Crippen LogP contribution is -2.38. The maximum atomic E-state index is 12.9. The van der Waals surface area contributed by atoms with Gasteiger partial charge in [-0.2, -0.15) is 0 Å². The summed E-state index contributed by atoms with van der Waals surface area (Å²) in [6, 6.07) is 16.1. The van der Waals surface area contributed by atoms with E-state index in [2.05, 4.69) is 32.0 Å². The van der Waals surface area contributed by atoms with Crippen molar-refractivity contribution in [3.05, 3.63) is 66.5 Å². The predicted octanol–water partition coefficient (Wildman–Crippen LogP) is 6.87. The van der Waals surface area contributed by atoms with Crippen molar-refractivity contribution in [1.29, 1.82) is 0 Å². The van der Waals surface area contributed by atoms with Crippen molar-refractivity contribution in [2.75, 3.05) is 23.7 Å². The summed E-state index contributed by atoms with van der Waals surface area (Å²) < 4.78 is 6.56. The summed E-state index contributed by atoms with van der Waals surface area (Å²) in [7, 11) is 0. The van der Waals surface area contributed by atoms with Crippen molar-refractivity contribution >= 4 is 28.3 Å². The molecule has 1 saturated heterocycles. The Morgan fingerprint density at radius 3 is 2.71 bits per heavy atom. The third-order valence-electron chi connectivity index (χ3n) is 8.21. The normalized spacial score (nSPS) is 17.7. The monoisotopic (exact) mass is 550 g/mol. The lowest BCUT2D eigenvalue weighted by atomic mass is 9.87. The Kier molecular flexibility index (Phi) is 8.37. The highest BCUT2D eigenvalue weighted by molar-refractivity contribution is 6.04. The summed E-state index contributed by atoms with van der Waals surface area (Å²) in [6.45, 7) is 3.98. The second-order valence-electron chi connectivity index (χ2n) is 11.3. The van der Waals surface area contributed by atoms with Gasteiger partial charge in [-0.05, 0) is 74.9 Å². The molecule has 3 heterocycles. The SMILES string of the molecule is Cc1ccc2c(NC(=O)CC3CCCCC3)cccc2c1Oc1ncccc1-c1ccnc(N[C@H]2CCCNC2)n1. The summed E-state index contributed by atoms with van der Waals surface area (Å²) in [5.74, 6) is 2.35. The lowest BCUT2D eigenvalue weighted by Gasteiger charge is -2.23. The van der Waals surface area contributed by atoms with Crippen molar-refractivity contribution in [2.45, 2.75) is 64.3 Å². The Morgan fingerprint density at radius 1 is 0.951 bits per heavy atom. The van der Waals surface area contributed by atoms with Gasteiger partial charge in [-0.3, -0.25) is 4.79 Å². The van der Waals surface area contributed by atoms with Crippen LogP contribution in [0.4, 0.5) is 11.6 Å². The van der Waals surface area contributed by atoms with Gasteiger partial charge in [-0.1, -0.05) is 43.5 Å². The van der Waals surface area contributed by atoms with Crippen LogP contribution in [0.1, 0.15) is 56.9 Å². The van der Waals surface area contributed by atoms with Crippen LogP contribution in [0.25, 0.3) is 22.0 Å². The molecular weight excluding hydrogens is 512 g/mol. The number of aryl methyl sites for hydroxylation is 1. The Bertz CT molecular complexity index is 1510. The number of aromatic nitrogens is 3. The van der Waals surface area contributed by atoms with Crippen molar-refractivity contribution in [2.24, 2.45) is 5.92 Å². The number of hydrogen-bond acceptors (Lipinski definition) is 7. The Labute approximate surface area is 241 Å². The Balaban J connectivity index is 1.26. The average molecular weight is 551 g/mol. The first-order valence-electron chi connectivity index (χ1n) is 14.9. The lowest BCUT2D eigenvalue weighted by molar-refractivity contribution is -0.117. The molecule has 41 heavy (non-hydrogen) atoms. The Hall–Kier alpha value is -4.04. The molecular formula is C33H38N6O2. The molecule has 0 radical (unpaired) electrons. The number of piperidine rings is 1. The van der Waals surface area contributed by atoms with Gasteiger partial charge >= 0.3 is 0 Å². The van der Waals surface area contributed by atoms with Gasteiger partial charge < -0.3 is 20.7 Å². The molecule has 3 N–H and O–H groups in total. The molecule has 2 fully saturated rings. The number of fused-ring (bicyclic) bond motifs is 1. The number of nitrogens with zero attached hydrogens (tertiary/aromatic N) is 3. The average Bonchev–Trinajstić information content (AvgIpc) is 3.00. The molecule has 0 spiro atoms. The molecule has 2 aliphatic rings. The minimum Gasteiger partial charge on any atom is -0.437 e. The zero-order valence-corrected chi connectivity index (χ0v) is 23.7. The summed E-state index contributed by atoms with van der Waals surface area (Å²) in [5, 5.41) is 11.9. The predicted molar refractivity (Wildman–Crippen MR) is 163 cm³/mol. The topological polar surface area (TPSA) is 101 Å². The number of hydrogen-bond donors (Lipinski definition) is 3. The Morgan fingerprint density at radius 2 is 1.85 bits per heavy atom. The summed E-state index contributed by atoms with van der Waals surface area (Å²) >= 11 is 0. The van der Waals surface area contributed by atoms with Gasteiger partial charge in [0.05, 0.1) is 11.3 Å². The van der Waals surface area contributed by atoms with Crippen LogP contribution >= 0.6 is 0 Å². The molecule has 212 valence electrons. The maximum Gasteiger partial charge on any atom is 0.228 e. The van der Waals surface area contributed by atoms with Crippen molar-refractivity contribution in [3.63, 3.8) is 0 Å². The molecule has 1 amide bonds. The van der Waals surface area contributed by atoms with E-state index in [1.54, 1.807) is 12.4 Å². The molecule has 2 aromatic carbocycles. The fraction of sp³-hybridized carbons (Fsp3) is 0.394. The largest absolute Gasteiger partial charge is 0.437 e. The molecule has 8 nitrogen and oxygen atoms in total. The van der Waals surface area contributed by atoms with E-state index in [0.717, 1.165) is 72.1 Å². The van der Waals surface area contributed by atoms with Crippen LogP contribution in [0, 0.1) is 12.8 Å². The fourth-order valence-corrected chi connectivity index (χ4v) is 6.04.